The van der Waals surface area contributed by atoms with E-state index < -0.39 is 0 Å². The third-order valence-corrected chi connectivity index (χ3v) is 6.56. The number of nitrogens with one attached hydrogen (secondary N) is 1. The maximum Gasteiger partial charge on any atom is 0.263 e. The highest BCUT2D eigenvalue weighted by Gasteiger charge is 2.29. The standard InChI is InChI=1S/C27H28FN5O2/c1-18(9-10-19-6-3-2-4-7-19)31-26(34)21-8-5-15-33(16-21)25-23-24(20-11-13-22(28)14-12-20)32-35-27(23)30-17-29-25/h2-4,6-7,11-14,17-18,21H,5,8-10,15-16H2,1H3,(H,31,34)/t18-,21-/m1/s1. The molecule has 2 aromatic carbocycles. The van der Waals surface area contributed by atoms with Gasteiger partial charge in [-0.15, -0.1) is 0 Å². The van der Waals surface area contributed by atoms with Gasteiger partial charge in [0.05, 0.1) is 5.92 Å². The highest BCUT2D eigenvalue weighted by molar-refractivity contribution is 5.98. The summed E-state index contributed by atoms with van der Waals surface area (Å²) in [6.07, 6.45) is 4.97. The van der Waals surface area contributed by atoms with Crippen molar-refractivity contribution >= 4 is 22.8 Å². The Morgan fingerprint density at radius 2 is 1.97 bits per heavy atom. The first kappa shape index (κ1) is 23.0. The van der Waals surface area contributed by atoms with Gasteiger partial charge in [-0.2, -0.15) is 4.98 Å². The molecule has 180 valence electrons. The monoisotopic (exact) mass is 473 g/mol. The van der Waals surface area contributed by atoms with E-state index in [1.807, 2.05) is 18.2 Å². The molecule has 1 aliphatic rings. The first-order valence-corrected chi connectivity index (χ1v) is 12.0. The van der Waals surface area contributed by atoms with Crippen molar-refractivity contribution in [2.75, 3.05) is 18.0 Å². The number of fused-ring (bicyclic) bond motifs is 1. The van der Waals surface area contributed by atoms with E-state index in [4.69, 9.17) is 4.52 Å². The quantitative estimate of drug-likeness (QED) is 0.416. The zero-order chi connectivity index (χ0) is 24.2. The van der Waals surface area contributed by atoms with Crippen molar-refractivity contribution < 1.29 is 13.7 Å². The average Bonchev–Trinajstić information content (AvgIpc) is 3.33. The third kappa shape index (κ3) is 5.16. The maximum absolute atomic E-state index is 13.4. The van der Waals surface area contributed by atoms with Crippen molar-refractivity contribution in [2.45, 2.75) is 38.6 Å². The molecule has 1 aliphatic heterocycles. The van der Waals surface area contributed by atoms with Crippen LogP contribution >= 0.6 is 0 Å². The van der Waals surface area contributed by atoms with Gasteiger partial charge in [-0.1, -0.05) is 35.5 Å². The SMILES string of the molecule is C[C@H](CCc1ccccc1)NC(=O)[C@@H]1CCCN(c2ncnc3onc(-c4ccc(F)cc4)c23)C1. The van der Waals surface area contributed by atoms with Crippen molar-refractivity contribution in [1.29, 1.82) is 0 Å². The molecule has 7 nitrogen and oxygen atoms in total. The first-order chi connectivity index (χ1) is 17.1. The van der Waals surface area contributed by atoms with E-state index in [0.29, 0.717) is 29.2 Å². The second kappa shape index (κ2) is 10.2. The van der Waals surface area contributed by atoms with Crippen LogP contribution in [0.2, 0.25) is 0 Å². The minimum atomic E-state index is -0.319. The number of hydrogen-bond acceptors (Lipinski definition) is 6. The molecule has 0 bridgehead atoms. The average molecular weight is 474 g/mol. The number of amides is 1. The second-order valence-corrected chi connectivity index (χ2v) is 9.13. The third-order valence-electron chi connectivity index (χ3n) is 6.56. The van der Waals surface area contributed by atoms with E-state index >= 15 is 0 Å². The lowest BCUT2D eigenvalue weighted by Crippen LogP contribution is -2.45. The minimum absolute atomic E-state index is 0.0737. The lowest BCUT2D eigenvalue weighted by Gasteiger charge is -2.33. The molecule has 35 heavy (non-hydrogen) atoms. The fraction of sp³-hybridized carbons (Fsp3) is 0.333. The Labute approximate surface area is 203 Å². The van der Waals surface area contributed by atoms with Crippen LogP contribution in [0.15, 0.2) is 65.4 Å². The zero-order valence-electron chi connectivity index (χ0n) is 19.7. The summed E-state index contributed by atoms with van der Waals surface area (Å²) in [6, 6.07) is 16.5. The number of halogens is 1. The molecule has 1 amide bonds. The number of rotatable bonds is 7. The molecule has 4 aromatic rings. The molecule has 1 N–H and O–H groups in total. The summed E-state index contributed by atoms with van der Waals surface area (Å²) >= 11 is 0. The Balaban J connectivity index is 1.30. The first-order valence-electron chi connectivity index (χ1n) is 12.0. The van der Waals surface area contributed by atoms with E-state index in [1.54, 1.807) is 12.1 Å². The molecule has 0 saturated carbocycles. The molecule has 8 heteroatoms. The summed E-state index contributed by atoms with van der Waals surface area (Å²) < 4.78 is 18.9. The van der Waals surface area contributed by atoms with Gasteiger partial charge in [0.2, 0.25) is 5.91 Å². The van der Waals surface area contributed by atoms with Crippen LogP contribution in [-0.2, 0) is 11.2 Å². The topological polar surface area (TPSA) is 84.2 Å². The van der Waals surface area contributed by atoms with Crippen LogP contribution in [0.1, 0.15) is 31.7 Å². The number of carbonyl (C=O) groups is 1. The van der Waals surface area contributed by atoms with Crippen LogP contribution in [0.4, 0.5) is 10.2 Å². The summed E-state index contributed by atoms with van der Waals surface area (Å²) in [5.74, 6) is 0.304. The Hall–Kier alpha value is -3.81. The molecule has 2 aromatic heterocycles. The van der Waals surface area contributed by atoms with Gasteiger partial charge in [-0.05, 0) is 62.4 Å². The lowest BCUT2D eigenvalue weighted by atomic mass is 9.96. The molecular weight excluding hydrogens is 445 g/mol. The molecule has 0 radical (unpaired) electrons. The largest absolute Gasteiger partial charge is 0.355 e. The van der Waals surface area contributed by atoms with Crippen molar-refractivity contribution in [1.82, 2.24) is 20.4 Å². The Kier molecular flexibility index (Phi) is 6.70. The van der Waals surface area contributed by atoms with E-state index in [1.165, 1.54) is 24.0 Å². The fourth-order valence-electron chi connectivity index (χ4n) is 4.66. The van der Waals surface area contributed by atoms with Crippen molar-refractivity contribution in [3.05, 3.63) is 72.3 Å². The number of carbonyl (C=O) groups excluding carboxylic acids is 1. The van der Waals surface area contributed by atoms with Gasteiger partial charge in [0.25, 0.3) is 5.71 Å². The van der Waals surface area contributed by atoms with Gasteiger partial charge < -0.3 is 14.7 Å². The van der Waals surface area contributed by atoms with E-state index in [0.717, 1.165) is 37.8 Å². The number of aromatic nitrogens is 3. The molecule has 1 saturated heterocycles. The van der Waals surface area contributed by atoms with Gasteiger partial charge >= 0.3 is 0 Å². The summed E-state index contributed by atoms with van der Waals surface area (Å²) in [4.78, 5) is 24.0. The molecule has 3 heterocycles. The number of aryl methyl sites for hydroxylation is 1. The van der Waals surface area contributed by atoms with Gasteiger partial charge in [0.1, 0.15) is 29.0 Å². The summed E-state index contributed by atoms with van der Waals surface area (Å²) in [7, 11) is 0. The minimum Gasteiger partial charge on any atom is -0.355 e. The van der Waals surface area contributed by atoms with Crippen molar-refractivity contribution in [2.24, 2.45) is 5.92 Å². The lowest BCUT2D eigenvalue weighted by molar-refractivity contribution is -0.125. The Morgan fingerprint density at radius 1 is 1.17 bits per heavy atom. The van der Waals surface area contributed by atoms with Crippen molar-refractivity contribution in [3.63, 3.8) is 0 Å². The number of piperidine rings is 1. The summed E-state index contributed by atoms with van der Waals surface area (Å²) in [5.41, 5.74) is 2.93. The highest BCUT2D eigenvalue weighted by Crippen LogP contribution is 2.34. The van der Waals surface area contributed by atoms with E-state index in [-0.39, 0.29) is 23.7 Å². The number of hydrogen-bond donors (Lipinski definition) is 1. The molecule has 1 fully saturated rings. The van der Waals surface area contributed by atoms with Crippen LogP contribution in [0.25, 0.3) is 22.4 Å². The van der Waals surface area contributed by atoms with Gasteiger partial charge in [-0.25, -0.2) is 9.37 Å². The van der Waals surface area contributed by atoms with Gasteiger partial charge in [0.15, 0.2) is 0 Å². The predicted molar refractivity (Wildman–Crippen MR) is 132 cm³/mol. The molecule has 5 rings (SSSR count). The number of anilines is 1. The Bertz CT molecular complexity index is 1290. The maximum atomic E-state index is 13.4. The number of benzene rings is 2. The van der Waals surface area contributed by atoms with E-state index in [9.17, 15) is 9.18 Å². The Morgan fingerprint density at radius 3 is 2.77 bits per heavy atom. The normalized spacial score (nSPS) is 16.9. The van der Waals surface area contributed by atoms with Gasteiger partial charge in [0, 0.05) is 24.7 Å². The molecule has 2 atom stereocenters. The zero-order valence-corrected chi connectivity index (χ0v) is 19.7. The van der Waals surface area contributed by atoms with Gasteiger partial charge in [-0.3, -0.25) is 4.79 Å². The summed E-state index contributed by atoms with van der Waals surface area (Å²) in [6.45, 7) is 3.38. The highest BCUT2D eigenvalue weighted by atomic mass is 19.1. The second-order valence-electron chi connectivity index (χ2n) is 9.13. The van der Waals surface area contributed by atoms with Crippen molar-refractivity contribution in [3.8, 4) is 11.3 Å². The fourth-order valence-corrected chi connectivity index (χ4v) is 4.66. The molecule has 0 unspecified atom stereocenters. The smallest absolute Gasteiger partial charge is 0.263 e. The predicted octanol–water partition coefficient (Wildman–Crippen LogP) is 4.78. The molecule has 0 spiro atoms. The number of nitrogens with zero attached hydrogens (tertiary/aromatic N) is 4. The van der Waals surface area contributed by atoms with Crippen LogP contribution in [0, 0.1) is 11.7 Å². The van der Waals surface area contributed by atoms with E-state index in [2.05, 4.69) is 44.4 Å². The molecular formula is C27H28FN5O2. The molecule has 0 aliphatic carbocycles. The van der Waals surface area contributed by atoms with Crippen LogP contribution in [0.3, 0.4) is 0 Å². The van der Waals surface area contributed by atoms with Crippen LogP contribution in [0.5, 0.6) is 0 Å². The van der Waals surface area contributed by atoms with Crippen LogP contribution < -0.4 is 10.2 Å². The van der Waals surface area contributed by atoms with Crippen LogP contribution in [-0.4, -0.2) is 40.2 Å². The summed E-state index contributed by atoms with van der Waals surface area (Å²) in [5, 5.41) is 8.06.